The van der Waals surface area contributed by atoms with Gasteiger partial charge in [-0.05, 0) is 31.2 Å². The van der Waals surface area contributed by atoms with Crippen LogP contribution >= 0.6 is 0 Å². The highest BCUT2D eigenvalue weighted by atomic mass is 16.5. The van der Waals surface area contributed by atoms with Crippen molar-refractivity contribution in [1.29, 1.82) is 0 Å². The summed E-state index contributed by atoms with van der Waals surface area (Å²) in [4.78, 5) is 32.0. The second-order valence-corrected chi connectivity index (χ2v) is 7.51. The number of piperazine rings is 1. The lowest BCUT2D eigenvalue weighted by molar-refractivity contribution is -0.139. The highest BCUT2D eigenvalue weighted by molar-refractivity contribution is 5.95. The van der Waals surface area contributed by atoms with Crippen molar-refractivity contribution >= 4 is 12.0 Å². The van der Waals surface area contributed by atoms with Crippen LogP contribution < -0.4 is 10.1 Å². The molecule has 2 heterocycles. The number of methoxy groups -OCH3 is 1. The number of nitrogens with one attached hydrogen (secondary N) is 1. The highest BCUT2D eigenvalue weighted by Crippen LogP contribution is 2.33. The topological polar surface area (TPSA) is 74.4 Å². The molecule has 8 nitrogen and oxygen atoms in total. The number of esters is 1. The van der Waals surface area contributed by atoms with Gasteiger partial charge in [0.2, 0.25) is 0 Å². The molecule has 2 aliphatic rings. The van der Waals surface area contributed by atoms with E-state index in [1.165, 1.54) is 4.90 Å². The Morgan fingerprint density at radius 1 is 1.17 bits per heavy atom. The Morgan fingerprint density at radius 3 is 2.50 bits per heavy atom. The van der Waals surface area contributed by atoms with E-state index in [0.29, 0.717) is 23.6 Å². The Kier molecular flexibility index (Phi) is 7.33. The maximum absolute atomic E-state index is 13.0. The molecular formula is C22H32N4O4. The molecule has 0 spiro atoms. The van der Waals surface area contributed by atoms with Crippen LogP contribution in [0.25, 0.3) is 0 Å². The molecule has 2 aliphatic heterocycles. The molecule has 0 saturated carbocycles. The lowest BCUT2D eigenvalue weighted by Crippen LogP contribution is -2.52. The van der Waals surface area contributed by atoms with E-state index in [2.05, 4.69) is 22.0 Å². The SMILES string of the molecule is CCOC(=O)C1=C(CN2CCN(CC)CC2)N(C)C(=O)N[C@H]1c1cccc(OC)c1. The Labute approximate surface area is 178 Å². The van der Waals surface area contributed by atoms with Gasteiger partial charge in [0.25, 0.3) is 0 Å². The summed E-state index contributed by atoms with van der Waals surface area (Å²) in [6.07, 6.45) is 0. The summed E-state index contributed by atoms with van der Waals surface area (Å²) in [5, 5.41) is 2.95. The van der Waals surface area contributed by atoms with Crippen molar-refractivity contribution < 1.29 is 19.1 Å². The molecular weight excluding hydrogens is 384 g/mol. The van der Waals surface area contributed by atoms with Gasteiger partial charge >= 0.3 is 12.0 Å². The second kappa shape index (κ2) is 9.95. The van der Waals surface area contributed by atoms with Crippen LogP contribution in [0.1, 0.15) is 25.5 Å². The number of rotatable bonds is 7. The summed E-state index contributed by atoms with van der Waals surface area (Å²) in [7, 11) is 3.30. The van der Waals surface area contributed by atoms with E-state index in [9.17, 15) is 9.59 Å². The first-order valence-corrected chi connectivity index (χ1v) is 10.5. The van der Waals surface area contributed by atoms with Crippen molar-refractivity contribution in [3.63, 3.8) is 0 Å². The molecule has 1 aromatic carbocycles. The van der Waals surface area contributed by atoms with Gasteiger partial charge < -0.3 is 19.7 Å². The molecule has 30 heavy (non-hydrogen) atoms. The Balaban J connectivity index is 1.99. The van der Waals surface area contributed by atoms with E-state index in [-0.39, 0.29) is 12.6 Å². The summed E-state index contributed by atoms with van der Waals surface area (Å²) in [6, 6.07) is 6.59. The third-order valence-electron chi connectivity index (χ3n) is 5.78. The fraction of sp³-hybridized carbons (Fsp3) is 0.545. The Bertz CT molecular complexity index is 802. The quantitative estimate of drug-likeness (QED) is 0.684. The third-order valence-corrected chi connectivity index (χ3v) is 5.78. The van der Waals surface area contributed by atoms with Crippen molar-refractivity contribution in [2.75, 3.05) is 60.0 Å². The maximum atomic E-state index is 13.0. The lowest BCUT2D eigenvalue weighted by Gasteiger charge is -2.39. The third kappa shape index (κ3) is 4.76. The predicted molar refractivity (Wildman–Crippen MR) is 114 cm³/mol. The number of carbonyl (C=O) groups excluding carboxylic acids is 2. The van der Waals surface area contributed by atoms with Gasteiger partial charge in [-0.1, -0.05) is 19.1 Å². The summed E-state index contributed by atoms with van der Waals surface area (Å²) in [5.41, 5.74) is 1.95. The summed E-state index contributed by atoms with van der Waals surface area (Å²) >= 11 is 0. The number of carbonyl (C=O) groups is 2. The van der Waals surface area contributed by atoms with E-state index < -0.39 is 12.0 Å². The molecule has 0 bridgehead atoms. The van der Waals surface area contributed by atoms with Crippen molar-refractivity contribution in [2.24, 2.45) is 0 Å². The standard InChI is InChI=1S/C22H32N4O4/c1-5-25-10-12-26(13-11-25)15-18-19(21(27)30-6-2)20(23-22(28)24(18)3)16-8-7-9-17(14-16)29-4/h7-9,14,20H,5-6,10-13,15H2,1-4H3,(H,23,28)/t20-/m0/s1. The zero-order valence-corrected chi connectivity index (χ0v) is 18.3. The summed E-state index contributed by atoms with van der Waals surface area (Å²) in [5.74, 6) is 0.264. The predicted octanol–water partition coefficient (Wildman–Crippen LogP) is 1.85. The zero-order chi connectivity index (χ0) is 21.7. The maximum Gasteiger partial charge on any atom is 0.338 e. The van der Waals surface area contributed by atoms with E-state index in [4.69, 9.17) is 9.47 Å². The molecule has 2 amide bonds. The van der Waals surface area contributed by atoms with Gasteiger partial charge in [-0.15, -0.1) is 0 Å². The van der Waals surface area contributed by atoms with E-state index >= 15 is 0 Å². The van der Waals surface area contributed by atoms with Crippen molar-refractivity contribution in [2.45, 2.75) is 19.9 Å². The fourth-order valence-corrected chi connectivity index (χ4v) is 3.94. The molecule has 0 aromatic heterocycles. The van der Waals surface area contributed by atoms with Crippen molar-refractivity contribution in [1.82, 2.24) is 20.0 Å². The van der Waals surface area contributed by atoms with Crippen LogP contribution in [-0.2, 0) is 9.53 Å². The monoisotopic (exact) mass is 416 g/mol. The first kappa shape index (κ1) is 22.1. The molecule has 1 aromatic rings. The molecule has 1 atom stereocenters. The minimum atomic E-state index is -0.588. The Morgan fingerprint density at radius 2 is 1.87 bits per heavy atom. The van der Waals surface area contributed by atoms with Crippen molar-refractivity contribution in [3.8, 4) is 5.75 Å². The van der Waals surface area contributed by atoms with Gasteiger partial charge in [0.05, 0.1) is 25.3 Å². The average molecular weight is 417 g/mol. The van der Waals surface area contributed by atoms with E-state index in [1.54, 1.807) is 21.1 Å². The van der Waals surface area contributed by atoms with Gasteiger partial charge in [0, 0.05) is 45.5 Å². The van der Waals surface area contributed by atoms with Crippen LogP contribution in [-0.4, -0.2) is 86.7 Å². The largest absolute Gasteiger partial charge is 0.497 e. The van der Waals surface area contributed by atoms with Gasteiger partial charge in [0.1, 0.15) is 5.75 Å². The highest BCUT2D eigenvalue weighted by Gasteiger charge is 2.37. The van der Waals surface area contributed by atoms with Gasteiger partial charge in [-0.3, -0.25) is 9.80 Å². The minimum absolute atomic E-state index is 0.238. The van der Waals surface area contributed by atoms with Gasteiger partial charge in [-0.25, -0.2) is 9.59 Å². The van der Waals surface area contributed by atoms with Crippen LogP contribution in [0.4, 0.5) is 4.79 Å². The fourth-order valence-electron chi connectivity index (χ4n) is 3.94. The Hall–Kier alpha value is -2.58. The summed E-state index contributed by atoms with van der Waals surface area (Å²) < 4.78 is 10.7. The minimum Gasteiger partial charge on any atom is -0.497 e. The second-order valence-electron chi connectivity index (χ2n) is 7.51. The van der Waals surface area contributed by atoms with E-state index in [0.717, 1.165) is 38.3 Å². The number of urea groups is 1. The zero-order valence-electron chi connectivity index (χ0n) is 18.3. The molecule has 3 rings (SSSR count). The first-order chi connectivity index (χ1) is 14.5. The number of likely N-dealkylation sites (N-methyl/N-ethyl adjacent to an activating group) is 2. The molecule has 1 fully saturated rings. The molecule has 164 valence electrons. The number of amides is 2. The molecule has 8 heteroatoms. The normalized spacial score (nSPS) is 20.9. The number of nitrogens with zero attached hydrogens (tertiary/aromatic N) is 3. The summed E-state index contributed by atoms with van der Waals surface area (Å²) in [6.45, 7) is 9.53. The molecule has 0 unspecified atom stereocenters. The van der Waals surface area contributed by atoms with Crippen LogP contribution in [0.2, 0.25) is 0 Å². The average Bonchev–Trinajstić information content (AvgIpc) is 2.77. The molecule has 1 N–H and O–H groups in total. The number of hydrogen-bond donors (Lipinski definition) is 1. The molecule has 0 radical (unpaired) electrons. The number of ether oxygens (including phenoxy) is 2. The van der Waals surface area contributed by atoms with Crippen LogP contribution in [0.5, 0.6) is 5.75 Å². The van der Waals surface area contributed by atoms with Crippen LogP contribution in [0.15, 0.2) is 35.5 Å². The molecule has 1 saturated heterocycles. The number of benzene rings is 1. The van der Waals surface area contributed by atoms with Gasteiger partial charge in [-0.2, -0.15) is 0 Å². The van der Waals surface area contributed by atoms with Crippen LogP contribution in [0, 0.1) is 0 Å². The number of hydrogen-bond acceptors (Lipinski definition) is 6. The van der Waals surface area contributed by atoms with E-state index in [1.807, 2.05) is 24.3 Å². The molecule has 0 aliphatic carbocycles. The lowest BCUT2D eigenvalue weighted by atomic mass is 9.94. The van der Waals surface area contributed by atoms with Crippen LogP contribution in [0.3, 0.4) is 0 Å². The first-order valence-electron chi connectivity index (χ1n) is 10.5. The van der Waals surface area contributed by atoms with Gasteiger partial charge in [0.15, 0.2) is 0 Å². The van der Waals surface area contributed by atoms with Crippen molar-refractivity contribution in [3.05, 3.63) is 41.1 Å². The smallest absolute Gasteiger partial charge is 0.338 e.